The van der Waals surface area contributed by atoms with Crippen molar-refractivity contribution in [3.05, 3.63) is 29.6 Å². The van der Waals surface area contributed by atoms with Crippen molar-refractivity contribution in [2.45, 2.75) is 32.7 Å². The van der Waals surface area contributed by atoms with Gasteiger partial charge in [-0.15, -0.1) is 0 Å². The van der Waals surface area contributed by atoms with Gasteiger partial charge in [-0.3, -0.25) is 0 Å². The van der Waals surface area contributed by atoms with Crippen LogP contribution in [0.2, 0.25) is 0 Å². The number of benzene rings is 1. The minimum Gasteiger partial charge on any atom is -0.322 e. The summed E-state index contributed by atoms with van der Waals surface area (Å²) >= 11 is 0. The topological polar surface area (TPSA) is 32.3 Å². The van der Waals surface area contributed by atoms with Crippen LogP contribution < -0.4 is 5.32 Å². The lowest BCUT2D eigenvalue weighted by molar-refractivity contribution is 0.210. The zero-order valence-corrected chi connectivity index (χ0v) is 10.2. The molecule has 1 aromatic carbocycles. The standard InChI is InChI=1S/C13H17FN2O/c1-9-5-6-11(8-12(9)14)15-13(17)16-7-3-4-10(16)2/h5-6,8,10H,3-4,7H2,1-2H3,(H,15,17). The Hall–Kier alpha value is -1.58. The van der Waals surface area contributed by atoms with Crippen LogP contribution in [0.25, 0.3) is 0 Å². The summed E-state index contributed by atoms with van der Waals surface area (Å²) in [5.41, 5.74) is 1.09. The van der Waals surface area contributed by atoms with Gasteiger partial charge in [0.05, 0.1) is 0 Å². The van der Waals surface area contributed by atoms with E-state index in [2.05, 4.69) is 5.32 Å². The Balaban J connectivity index is 2.05. The number of carbonyl (C=O) groups excluding carboxylic acids is 1. The average Bonchev–Trinajstić information content (AvgIpc) is 2.70. The molecule has 1 N–H and O–H groups in total. The van der Waals surface area contributed by atoms with E-state index in [4.69, 9.17) is 0 Å². The lowest BCUT2D eigenvalue weighted by Gasteiger charge is -2.21. The predicted molar refractivity (Wildman–Crippen MR) is 65.6 cm³/mol. The summed E-state index contributed by atoms with van der Waals surface area (Å²) in [7, 11) is 0. The van der Waals surface area contributed by atoms with E-state index in [9.17, 15) is 9.18 Å². The van der Waals surface area contributed by atoms with Crippen molar-refractivity contribution < 1.29 is 9.18 Å². The lowest BCUT2D eigenvalue weighted by Crippen LogP contribution is -2.37. The number of likely N-dealkylation sites (tertiary alicyclic amines) is 1. The van der Waals surface area contributed by atoms with Crippen LogP contribution in [0, 0.1) is 12.7 Å². The molecule has 1 aliphatic rings. The number of rotatable bonds is 1. The Bertz CT molecular complexity index is 433. The molecule has 17 heavy (non-hydrogen) atoms. The molecule has 2 rings (SSSR count). The van der Waals surface area contributed by atoms with E-state index < -0.39 is 0 Å². The first-order valence-electron chi connectivity index (χ1n) is 5.91. The third-order valence-electron chi connectivity index (χ3n) is 3.24. The maximum Gasteiger partial charge on any atom is 0.322 e. The highest BCUT2D eigenvalue weighted by Gasteiger charge is 2.24. The summed E-state index contributed by atoms with van der Waals surface area (Å²) in [6, 6.07) is 4.87. The number of anilines is 1. The zero-order valence-electron chi connectivity index (χ0n) is 10.2. The number of aryl methyl sites for hydroxylation is 1. The van der Waals surface area contributed by atoms with Crippen LogP contribution in [0.15, 0.2) is 18.2 Å². The van der Waals surface area contributed by atoms with Crippen LogP contribution in [-0.4, -0.2) is 23.5 Å². The Kier molecular flexibility index (Phi) is 3.31. The van der Waals surface area contributed by atoms with E-state index in [0.717, 1.165) is 19.4 Å². The molecule has 0 aromatic heterocycles. The minimum absolute atomic E-state index is 0.141. The second kappa shape index (κ2) is 4.73. The second-order valence-electron chi connectivity index (χ2n) is 4.58. The fourth-order valence-electron chi connectivity index (χ4n) is 2.10. The smallest absolute Gasteiger partial charge is 0.322 e. The minimum atomic E-state index is -0.294. The number of halogens is 1. The molecule has 4 heteroatoms. The van der Waals surface area contributed by atoms with Crippen molar-refractivity contribution in [1.29, 1.82) is 0 Å². The quantitative estimate of drug-likeness (QED) is 0.798. The van der Waals surface area contributed by atoms with Crippen molar-refractivity contribution in [3.8, 4) is 0 Å². The normalized spacial score (nSPS) is 19.5. The number of amides is 2. The molecule has 1 heterocycles. The molecule has 3 nitrogen and oxygen atoms in total. The van der Waals surface area contributed by atoms with Gasteiger partial charge in [0.2, 0.25) is 0 Å². The second-order valence-corrected chi connectivity index (χ2v) is 4.58. The molecule has 1 fully saturated rings. The first kappa shape index (κ1) is 11.9. The van der Waals surface area contributed by atoms with E-state index in [0.29, 0.717) is 11.3 Å². The number of hydrogen-bond acceptors (Lipinski definition) is 1. The monoisotopic (exact) mass is 236 g/mol. The number of hydrogen-bond donors (Lipinski definition) is 1. The zero-order chi connectivity index (χ0) is 12.4. The number of urea groups is 1. The summed E-state index contributed by atoms with van der Waals surface area (Å²) in [5.74, 6) is -0.294. The van der Waals surface area contributed by atoms with Gasteiger partial charge in [0.15, 0.2) is 0 Å². The molecule has 1 unspecified atom stereocenters. The Morgan fingerprint density at radius 3 is 2.88 bits per heavy atom. The van der Waals surface area contributed by atoms with Crippen LogP contribution >= 0.6 is 0 Å². The fourth-order valence-corrected chi connectivity index (χ4v) is 2.10. The van der Waals surface area contributed by atoms with E-state index >= 15 is 0 Å². The largest absolute Gasteiger partial charge is 0.322 e. The molecule has 1 saturated heterocycles. The molecule has 0 radical (unpaired) electrons. The van der Waals surface area contributed by atoms with Crippen LogP contribution in [0.3, 0.4) is 0 Å². The van der Waals surface area contributed by atoms with Gasteiger partial charge in [-0.25, -0.2) is 9.18 Å². The maximum atomic E-state index is 13.3. The van der Waals surface area contributed by atoms with Crippen molar-refractivity contribution in [3.63, 3.8) is 0 Å². The molecular weight excluding hydrogens is 219 g/mol. The highest BCUT2D eigenvalue weighted by molar-refractivity contribution is 5.89. The average molecular weight is 236 g/mol. The molecule has 92 valence electrons. The number of nitrogens with zero attached hydrogens (tertiary/aromatic N) is 1. The van der Waals surface area contributed by atoms with Gasteiger partial charge in [0.25, 0.3) is 0 Å². The number of nitrogens with one attached hydrogen (secondary N) is 1. The summed E-state index contributed by atoms with van der Waals surface area (Å²) < 4.78 is 13.3. The van der Waals surface area contributed by atoms with Gasteiger partial charge in [-0.2, -0.15) is 0 Å². The summed E-state index contributed by atoms with van der Waals surface area (Å²) in [6.07, 6.45) is 2.08. The maximum absolute atomic E-state index is 13.3. The first-order valence-corrected chi connectivity index (χ1v) is 5.91. The van der Waals surface area contributed by atoms with Crippen molar-refractivity contribution in [2.75, 3.05) is 11.9 Å². The third kappa shape index (κ3) is 2.57. The van der Waals surface area contributed by atoms with E-state index in [1.807, 2.05) is 6.92 Å². The van der Waals surface area contributed by atoms with Gasteiger partial charge < -0.3 is 10.2 Å². The lowest BCUT2D eigenvalue weighted by atomic mass is 10.2. The highest BCUT2D eigenvalue weighted by atomic mass is 19.1. The van der Waals surface area contributed by atoms with Gasteiger partial charge >= 0.3 is 6.03 Å². The van der Waals surface area contributed by atoms with Gasteiger partial charge in [-0.05, 0) is 44.4 Å². The Morgan fingerprint density at radius 2 is 2.29 bits per heavy atom. The predicted octanol–water partition coefficient (Wildman–Crippen LogP) is 3.15. The SMILES string of the molecule is Cc1ccc(NC(=O)N2CCCC2C)cc1F. The molecule has 0 saturated carbocycles. The first-order chi connectivity index (χ1) is 8.08. The molecule has 1 aliphatic heterocycles. The fraction of sp³-hybridized carbons (Fsp3) is 0.462. The summed E-state index contributed by atoms with van der Waals surface area (Å²) in [4.78, 5) is 13.7. The van der Waals surface area contributed by atoms with Crippen LogP contribution in [0.4, 0.5) is 14.9 Å². The van der Waals surface area contributed by atoms with Gasteiger partial charge in [-0.1, -0.05) is 6.07 Å². The van der Waals surface area contributed by atoms with E-state index in [1.165, 1.54) is 6.07 Å². The number of carbonyl (C=O) groups is 1. The van der Waals surface area contributed by atoms with Crippen LogP contribution in [0.1, 0.15) is 25.3 Å². The summed E-state index contributed by atoms with van der Waals surface area (Å²) in [6.45, 7) is 4.51. The van der Waals surface area contributed by atoms with Crippen molar-refractivity contribution >= 4 is 11.7 Å². The summed E-state index contributed by atoms with van der Waals surface area (Å²) in [5, 5.41) is 2.73. The molecule has 0 spiro atoms. The van der Waals surface area contributed by atoms with Gasteiger partial charge in [0.1, 0.15) is 5.82 Å². The molecule has 1 aromatic rings. The Morgan fingerprint density at radius 1 is 1.53 bits per heavy atom. The molecular formula is C13H17FN2O. The van der Waals surface area contributed by atoms with Crippen molar-refractivity contribution in [1.82, 2.24) is 4.90 Å². The molecule has 0 aliphatic carbocycles. The highest BCUT2D eigenvalue weighted by Crippen LogP contribution is 2.19. The molecule has 2 amide bonds. The molecule has 0 bridgehead atoms. The van der Waals surface area contributed by atoms with Crippen molar-refractivity contribution in [2.24, 2.45) is 0 Å². The van der Waals surface area contributed by atoms with Gasteiger partial charge in [0, 0.05) is 18.3 Å². The third-order valence-corrected chi connectivity index (χ3v) is 3.24. The van der Waals surface area contributed by atoms with Crippen LogP contribution in [-0.2, 0) is 0 Å². The van der Waals surface area contributed by atoms with E-state index in [-0.39, 0.29) is 17.9 Å². The van der Waals surface area contributed by atoms with E-state index in [1.54, 1.807) is 24.0 Å². The molecule has 1 atom stereocenters. The van der Waals surface area contributed by atoms with Crippen LogP contribution in [0.5, 0.6) is 0 Å². The Labute approximate surface area is 101 Å².